The van der Waals surface area contributed by atoms with Crippen molar-refractivity contribution < 1.29 is 4.79 Å². The van der Waals surface area contributed by atoms with Crippen LogP contribution >= 0.6 is 0 Å². The molecule has 0 spiro atoms. The molecule has 2 heteroatoms. The van der Waals surface area contributed by atoms with Crippen molar-refractivity contribution in [1.29, 1.82) is 0 Å². The number of nitrogens with one attached hydrogen (secondary N) is 1. The van der Waals surface area contributed by atoms with Crippen LogP contribution in [0.3, 0.4) is 0 Å². The van der Waals surface area contributed by atoms with E-state index in [2.05, 4.69) is 5.32 Å². The Bertz CT molecular complexity index is 171. The normalized spacial score (nSPS) is 12.2. The minimum absolute atomic E-state index is 0.121. The van der Waals surface area contributed by atoms with Crippen LogP contribution < -0.4 is 5.32 Å². The summed E-state index contributed by atoms with van der Waals surface area (Å²) in [6.45, 7) is 6.68. The van der Waals surface area contributed by atoms with E-state index in [1.54, 1.807) is 0 Å². The smallest absolute Gasteiger partial charge is 0.160 e. The number of ketones is 1. The number of Topliss-reactive ketones (excluding diaryl/α,β-unsaturated/α-hetero) is 1. The Labute approximate surface area is 75.0 Å². The van der Waals surface area contributed by atoms with E-state index in [1.807, 2.05) is 33.9 Å². The summed E-state index contributed by atoms with van der Waals surface area (Å²) in [5.74, 6) is 0.377. The Balaban J connectivity index is 3.91. The number of carbonyl (C=O) groups excluding carboxylic acids is 1. The molecule has 0 aromatic heterocycles. The van der Waals surface area contributed by atoms with Crippen LogP contribution in [0.5, 0.6) is 0 Å². The molecule has 0 aromatic carbocycles. The van der Waals surface area contributed by atoms with Crippen molar-refractivity contribution in [3.63, 3.8) is 0 Å². The molecule has 0 amide bonds. The molecule has 0 aromatic rings. The zero-order chi connectivity index (χ0) is 9.56. The number of allylic oxidation sites excluding steroid dienone is 1. The van der Waals surface area contributed by atoms with E-state index in [9.17, 15) is 4.79 Å². The molecule has 0 aliphatic carbocycles. The maximum Gasteiger partial charge on any atom is 0.160 e. The zero-order valence-electron chi connectivity index (χ0n) is 8.48. The summed E-state index contributed by atoms with van der Waals surface area (Å²) in [5.41, 5.74) is 0.889. The molecule has 0 aliphatic rings. The van der Waals surface area contributed by atoms with E-state index >= 15 is 0 Å². The Kier molecular flexibility index (Phi) is 5.64. The van der Waals surface area contributed by atoms with Crippen molar-refractivity contribution >= 4 is 5.78 Å². The van der Waals surface area contributed by atoms with Crippen LogP contribution in [-0.4, -0.2) is 19.4 Å². The minimum Gasteiger partial charge on any atom is -0.319 e. The van der Waals surface area contributed by atoms with Gasteiger partial charge < -0.3 is 5.32 Å². The molecule has 0 unspecified atom stereocenters. The van der Waals surface area contributed by atoms with Gasteiger partial charge in [-0.25, -0.2) is 0 Å². The number of carbonyl (C=O) groups is 1. The van der Waals surface area contributed by atoms with Gasteiger partial charge in [-0.15, -0.1) is 0 Å². The fourth-order valence-corrected chi connectivity index (χ4v) is 0.989. The van der Waals surface area contributed by atoms with Gasteiger partial charge in [0.1, 0.15) is 0 Å². The summed E-state index contributed by atoms with van der Waals surface area (Å²) in [6, 6.07) is 0. The maximum absolute atomic E-state index is 11.3. The van der Waals surface area contributed by atoms with Gasteiger partial charge in [-0.1, -0.05) is 19.9 Å². The van der Waals surface area contributed by atoms with Gasteiger partial charge in [-0.3, -0.25) is 4.79 Å². The summed E-state index contributed by atoms with van der Waals surface area (Å²) in [7, 11) is 1.91. The second-order valence-electron chi connectivity index (χ2n) is 3.30. The highest BCUT2D eigenvalue weighted by Crippen LogP contribution is 2.05. The van der Waals surface area contributed by atoms with Gasteiger partial charge in [0.25, 0.3) is 0 Å². The van der Waals surface area contributed by atoms with Crippen molar-refractivity contribution in [3.05, 3.63) is 11.6 Å². The van der Waals surface area contributed by atoms with Gasteiger partial charge in [0.15, 0.2) is 5.78 Å². The molecule has 0 aliphatic heterocycles. The molecule has 0 bridgehead atoms. The lowest BCUT2D eigenvalue weighted by Crippen LogP contribution is -2.10. The molecule has 12 heavy (non-hydrogen) atoms. The lowest BCUT2D eigenvalue weighted by atomic mass is 10.0. The van der Waals surface area contributed by atoms with Crippen LogP contribution in [0.4, 0.5) is 0 Å². The first kappa shape index (κ1) is 11.4. The molecular weight excluding hydrogens is 150 g/mol. The van der Waals surface area contributed by atoms with Gasteiger partial charge in [-0.05, 0) is 32.5 Å². The highest BCUT2D eigenvalue weighted by Gasteiger charge is 2.07. The lowest BCUT2D eigenvalue weighted by Gasteiger charge is -2.03. The van der Waals surface area contributed by atoms with Crippen LogP contribution in [0.2, 0.25) is 0 Å². The third-order valence-corrected chi connectivity index (χ3v) is 1.76. The summed E-state index contributed by atoms with van der Waals surface area (Å²) in [5, 5.41) is 3.04. The Hall–Kier alpha value is -0.630. The Morgan fingerprint density at radius 3 is 2.50 bits per heavy atom. The van der Waals surface area contributed by atoms with Gasteiger partial charge in [-0.2, -0.15) is 0 Å². The summed E-state index contributed by atoms with van der Waals surface area (Å²) >= 11 is 0. The van der Waals surface area contributed by atoms with Gasteiger partial charge in [0, 0.05) is 5.92 Å². The molecule has 0 fully saturated rings. The second-order valence-corrected chi connectivity index (χ2v) is 3.30. The van der Waals surface area contributed by atoms with Crippen LogP contribution in [0.25, 0.3) is 0 Å². The van der Waals surface area contributed by atoms with Crippen LogP contribution in [0.1, 0.15) is 27.2 Å². The van der Waals surface area contributed by atoms with Crippen LogP contribution in [0, 0.1) is 5.92 Å². The molecule has 70 valence electrons. The first-order valence-electron chi connectivity index (χ1n) is 4.45. The third kappa shape index (κ3) is 4.29. The van der Waals surface area contributed by atoms with Crippen molar-refractivity contribution in [1.82, 2.24) is 5.32 Å². The molecule has 0 radical (unpaired) electrons. The Morgan fingerprint density at radius 2 is 2.08 bits per heavy atom. The highest BCUT2D eigenvalue weighted by atomic mass is 16.1. The molecule has 0 atom stereocenters. The van der Waals surface area contributed by atoms with Gasteiger partial charge >= 0.3 is 0 Å². The minimum atomic E-state index is 0.121. The molecule has 2 nitrogen and oxygen atoms in total. The summed E-state index contributed by atoms with van der Waals surface area (Å²) in [4.78, 5) is 11.3. The average molecular weight is 169 g/mol. The molecule has 1 N–H and O–H groups in total. The SMILES string of the molecule is CNCC/C=C(\C)C(=O)C(C)C. The number of hydrogen-bond donors (Lipinski definition) is 1. The van der Waals surface area contributed by atoms with Crippen molar-refractivity contribution in [2.24, 2.45) is 5.92 Å². The molecule has 0 saturated heterocycles. The molecular formula is C10H19NO. The highest BCUT2D eigenvalue weighted by molar-refractivity contribution is 5.96. The fraction of sp³-hybridized carbons (Fsp3) is 0.700. The summed E-state index contributed by atoms with van der Waals surface area (Å²) < 4.78 is 0. The van der Waals surface area contributed by atoms with Crippen molar-refractivity contribution in [2.45, 2.75) is 27.2 Å². The number of rotatable bonds is 5. The Morgan fingerprint density at radius 1 is 1.50 bits per heavy atom. The molecule has 0 rings (SSSR count). The van der Waals surface area contributed by atoms with E-state index < -0.39 is 0 Å². The molecule has 0 saturated carbocycles. The summed E-state index contributed by atoms with van der Waals surface area (Å²) in [6.07, 6.45) is 2.93. The van der Waals surface area contributed by atoms with E-state index in [0.29, 0.717) is 0 Å². The molecule has 0 heterocycles. The van der Waals surface area contributed by atoms with Gasteiger partial charge in [0.2, 0.25) is 0 Å². The predicted octanol–water partition coefficient (Wildman–Crippen LogP) is 1.77. The largest absolute Gasteiger partial charge is 0.319 e. The average Bonchev–Trinajstić information content (AvgIpc) is 2.03. The first-order chi connectivity index (χ1) is 5.59. The van der Waals surface area contributed by atoms with Crippen LogP contribution in [-0.2, 0) is 4.79 Å². The van der Waals surface area contributed by atoms with Gasteiger partial charge in [0.05, 0.1) is 0 Å². The first-order valence-corrected chi connectivity index (χ1v) is 4.45. The fourth-order valence-electron chi connectivity index (χ4n) is 0.989. The van der Waals surface area contributed by atoms with Crippen molar-refractivity contribution in [2.75, 3.05) is 13.6 Å². The zero-order valence-corrected chi connectivity index (χ0v) is 8.48. The quantitative estimate of drug-likeness (QED) is 0.502. The lowest BCUT2D eigenvalue weighted by molar-refractivity contribution is -0.118. The van der Waals surface area contributed by atoms with E-state index in [0.717, 1.165) is 18.5 Å². The van der Waals surface area contributed by atoms with Crippen molar-refractivity contribution in [3.8, 4) is 0 Å². The topological polar surface area (TPSA) is 29.1 Å². The predicted molar refractivity (Wildman–Crippen MR) is 52.1 cm³/mol. The second kappa shape index (κ2) is 5.95. The monoisotopic (exact) mass is 169 g/mol. The maximum atomic E-state index is 11.3. The standard InChI is InChI=1S/C10H19NO/c1-8(2)10(12)9(3)6-5-7-11-4/h6,8,11H,5,7H2,1-4H3/b9-6+. The van der Waals surface area contributed by atoms with E-state index in [-0.39, 0.29) is 11.7 Å². The van der Waals surface area contributed by atoms with Crippen LogP contribution in [0.15, 0.2) is 11.6 Å². The third-order valence-electron chi connectivity index (χ3n) is 1.76. The number of hydrogen-bond acceptors (Lipinski definition) is 2. The van der Waals surface area contributed by atoms with E-state index in [1.165, 1.54) is 0 Å². The van der Waals surface area contributed by atoms with E-state index in [4.69, 9.17) is 0 Å².